The van der Waals surface area contributed by atoms with Crippen molar-refractivity contribution < 1.29 is 9.90 Å². The van der Waals surface area contributed by atoms with Crippen molar-refractivity contribution in [1.82, 2.24) is 19.2 Å². The summed E-state index contributed by atoms with van der Waals surface area (Å²) in [6, 6.07) is 0.230. The molecule has 0 aromatic carbocycles. The van der Waals surface area contributed by atoms with Gasteiger partial charge in [-0.25, -0.2) is 4.98 Å². The summed E-state index contributed by atoms with van der Waals surface area (Å²) >= 11 is 1.50. The van der Waals surface area contributed by atoms with Crippen LogP contribution in [0, 0.1) is 12.8 Å². The second-order valence-corrected chi connectivity index (χ2v) is 7.80. The van der Waals surface area contributed by atoms with Crippen molar-refractivity contribution in [3.05, 3.63) is 23.0 Å². The van der Waals surface area contributed by atoms with Crippen LogP contribution in [0.15, 0.2) is 11.6 Å². The number of hydrogen-bond acceptors (Lipinski definition) is 5. The molecule has 7 heteroatoms. The van der Waals surface area contributed by atoms with Gasteiger partial charge in [0.2, 0.25) is 0 Å². The van der Waals surface area contributed by atoms with Crippen LogP contribution in [0.1, 0.15) is 36.5 Å². The Morgan fingerprint density at radius 3 is 2.96 bits per heavy atom. The maximum absolute atomic E-state index is 13.0. The molecular weight excluding hydrogens is 324 g/mol. The first kappa shape index (κ1) is 17.4. The highest BCUT2D eigenvalue weighted by Gasteiger charge is 2.31. The Bertz CT molecular complexity index is 709. The molecule has 1 aliphatic rings. The molecule has 0 aliphatic carbocycles. The molecule has 1 fully saturated rings. The summed E-state index contributed by atoms with van der Waals surface area (Å²) < 4.78 is 1.89. The Hall–Kier alpha value is -1.44. The molecule has 0 saturated carbocycles. The second kappa shape index (κ2) is 7.21. The highest BCUT2D eigenvalue weighted by atomic mass is 32.1. The molecule has 1 N–H and O–H groups in total. The molecule has 132 valence electrons. The smallest absolute Gasteiger partial charge is 0.271 e. The summed E-state index contributed by atoms with van der Waals surface area (Å²) in [6.45, 7) is 9.80. The third-order valence-corrected chi connectivity index (χ3v) is 5.34. The van der Waals surface area contributed by atoms with E-state index in [1.807, 2.05) is 27.8 Å². The van der Waals surface area contributed by atoms with Crippen molar-refractivity contribution in [3.8, 4) is 0 Å². The molecule has 0 bridgehead atoms. The van der Waals surface area contributed by atoms with Gasteiger partial charge in [-0.15, -0.1) is 11.3 Å². The number of aryl methyl sites for hydroxylation is 1. The van der Waals surface area contributed by atoms with E-state index in [2.05, 4.69) is 23.7 Å². The van der Waals surface area contributed by atoms with Gasteiger partial charge in [0.1, 0.15) is 5.69 Å². The number of imidazole rings is 1. The number of thiazole rings is 1. The number of hydrogen-bond donors (Lipinski definition) is 1. The quantitative estimate of drug-likeness (QED) is 0.894. The van der Waals surface area contributed by atoms with E-state index in [9.17, 15) is 9.90 Å². The summed E-state index contributed by atoms with van der Waals surface area (Å²) in [5.41, 5.74) is 1.62. The van der Waals surface area contributed by atoms with E-state index in [-0.39, 0.29) is 18.6 Å². The van der Waals surface area contributed by atoms with E-state index in [1.165, 1.54) is 11.3 Å². The van der Waals surface area contributed by atoms with Crippen LogP contribution < -0.4 is 0 Å². The first-order chi connectivity index (χ1) is 11.5. The van der Waals surface area contributed by atoms with Gasteiger partial charge in [0.15, 0.2) is 4.96 Å². The Balaban J connectivity index is 1.76. The van der Waals surface area contributed by atoms with Gasteiger partial charge in [-0.3, -0.25) is 14.1 Å². The number of carbonyl (C=O) groups is 1. The van der Waals surface area contributed by atoms with Crippen molar-refractivity contribution in [2.45, 2.75) is 33.2 Å². The minimum Gasteiger partial charge on any atom is -0.396 e. The van der Waals surface area contributed by atoms with Gasteiger partial charge in [0, 0.05) is 50.4 Å². The maximum atomic E-state index is 13.0. The van der Waals surface area contributed by atoms with E-state index in [1.54, 1.807) is 0 Å². The van der Waals surface area contributed by atoms with Gasteiger partial charge in [-0.05, 0) is 19.3 Å². The summed E-state index contributed by atoms with van der Waals surface area (Å²) in [6.07, 6.45) is 2.62. The number of carbonyl (C=O) groups excluding carboxylic acids is 1. The van der Waals surface area contributed by atoms with Crippen LogP contribution in [0.3, 0.4) is 0 Å². The third kappa shape index (κ3) is 3.48. The van der Waals surface area contributed by atoms with Crippen LogP contribution in [-0.4, -0.2) is 69.0 Å². The molecule has 3 rings (SSSR count). The van der Waals surface area contributed by atoms with Crippen LogP contribution in [0.2, 0.25) is 0 Å². The molecule has 1 amide bonds. The average Bonchev–Trinajstić information content (AvgIpc) is 3.07. The van der Waals surface area contributed by atoms with Gasteiger partial charge in [-0.1, -0.05) is 13.8 Å². The Morgan fingerprint density at radius 1 is 1.46 bits per heavy atom. The lowest BCUT2D eigenvalue weighted by Gasteiger charge is -2.42. The van der Waals surface area contributed by atoms with Crippen LogP contribution in [-0.2, 0) is 0 Å². The molecule has 3 heterocycles. The minimum atomic E-state index is 0.0609. The molecule has 1 atom stereocenters. The van der Waals surface area contributed by atoms with Gasteiger partial charge in [0.05, 0.1) is 5.69 Å². The number of rotatable bonds is 5. The zero-order chi connectivity index (χ0) is 17.3. The summed E-state index contributed by atoms with van der Waals surface area (Å²) in [7, 11) is 0. The number of aliphatic hydroxyl groups excluding tert-OH is 1. The molecule has 0 unspecified atom stereocenters. The second-order valence-electron chi connectivity index (χ2n) is 6.96. The molecule has 1 saturated heterocycles. The molecule has 0 spiro atoms. The monoisotopic (exact) mass is 350 g/mol. The third-order valence-electron chi connectivity index (χ3n) is 4.50. The molecule has 24 heavy (non-hydrogen) atoms. The highest BCUT2D eigenvalue weighted by Crippen LogP contribution is 2.21. The van der Waals surface area contributed by atoms with E-state index in [0.717, 1.165) is 30.3 Å². The molecule has 0 radical (unpaired) electrons. The average molecular weight is 350 g/mol. The van der Waals surface area contributed by atoms with E-state index in [0.29, 0.717) is 24.6 Å². The number of aromatic nitrogens is 2. The highest BCUT2D eigenvalue weighted by molar-refractivity contribution is 7.15. The van der Waals surface area contributed by atoms with Crippen LogP contribution in [0.5, 0.6) is 0 Å². The first-order valence-electron chi connectivity index (χ1n) is 8.57. The lowest BCUT2D eigenvalue weighted by atomic mass is 10.1. The van der Waals surface area contributed by atoms with Crippen LogP contribution in [0.4, 0.5) is 0 Å². The van der Waals surface area contributed by atoms with Gasteiger partial charge >= 0.3 is 0 Å². The zero-order valence-corrected chi connectivity index (χ0v) is 15.4. The predicted molar refractivity (Wildman–Crippen MR) is 95.6 cm³/mol. The molecule has 1 aliphatic heterocycles. The van der Waals surface area contributed by atoms with Gasteiger partial charge in [0.25, 0.3) is 5.91 Å². The van der Waals surface area contributed by atoms with Crippen LogP contribution >= 0.6 is 11.3 Å². The normalized spacial score (nSPS) is 19.5. The first-order valence-corrected chi connectivity index (χ1v) is 9.45. The summed E-state index contributed by atoms with van der Waals surface area (Å²) in [5, 5.41) is 11.3. The number of aliphatic hydroxyl groups is 1. The minimum absolute atomic E-state index is 0.0609. The number of fused-ring (bicyclic) bond motifs is 1. The fourth-order valence-electron chi connectivity index (χ4n) is 3.42. The Labute approximate surface area is 146 Å². The van der Waals surface area contributed by atoms with E-state index < -0.39 is 0 Å². The van der Waals surface area contributed by atoms with Crippen molar-refractivity contribution in [2.24, 2.45) is 5.92 Å². The molecule has 6 nitrogen and oxygen atoms in total. The van der Waals surface area contributed by atoms with Crippen molar-refractivity contribution in [3.63, 3.8) is 0 Å². The predicted octanol–water partition coefficient (Wildman–Crippen LogP) is 1.87. The largest absolute Gasteiger partial charge is 0.396 e. The summed E-state index contributed by atoms with van der Waals surface area (Å²) in [4.78, 5) is 22.6. The lowest BCUT2D eigenvalue weighted by molar-refractivity contribution is 0.0380. The Kier molecular flexibility index (Phi) is 5.22. The fourth-order valence-corrected chi connectivity index (χ4v) is 4.31. The van der Waals surface area contributed by atoms with Crippen LogP contribution in [0.25, 0.3) is 4.96 Å². The lowest BCUT2D eigenvalue weighted by Crippen LogP contribution is -2.55. The maximum Gasteiger partial charge on any atom is 0.271 e. The van der Waals surface area contributed by atoms with Crippen molar-refractivity contribution in [2.75, 3.05) is 32.8 Å². The summed E-state index contributed by atoms with van der Waals surface area (Å²) in [5.74, 6) is 0.643. The topological polar surface area (TPSA) is 61.1 Å². The number of piperazine rings is 1. The number of amides is 1. The molecular formula is C17H26N4O2S. The van der Waals surface area contributed by atoms with Gasteiger partial charge in [-0.2, -0.15) is 0 Å². The van der Waals surface area contributed by atoms with E-state index in [4.69, 9.17) is 0 Å². The standard InChI is InChI=1S/C17H26N4O2S/c1-12(2)8-19-5-6-20(10-14(19)4-7-22)16(23)15-11-24-17-18-13(3)9-21(15)17/h9,11-12,14,22H,4-8,10H2,1-3H3/t14-/m1/s1. The van der Waals surface area contributed by atoms with Crippen molar-refractivity contribution in [1.29, 1.82) is 0 Å². The molecule has 2 aromatic heterocycles. The SMILES string of the molecule is Cc1cn2c(C(=O)N3CCN(CC(C)C)[C@H](CCO)C3)csc2n1. The van der Waals surface area contributed by atoms with Crippen molar-refractivity contribution >= 4 is 22.2 Å². The number of nitrogens with zero attached hydrogens (tertiary/aromatic N) is 4. The van der Waals surface area contributed by atoms with Gasteiger partial charge < -0.3 is 10.0 Å². The molecule has 2 aromatic rings. The zero-order valence-electron chi connectivity index (χ0n) is 14.6. The Morgan fingerprint density at radius 2 is 2.25 bits per heavy atom. The van der Waals surface area contributed by atoms with E-state index >= 15 is 0 Å². The fraction of sp³-hybridized carbons (Fsp3) is 0.647.